The van der Waals surface area contributed by atoms with Crippen molar-refractivity contribution in [2.45, 2.75) is 38.1 Å². The molecular weight excluding hydrogens is 310 g/mol. The summed E-state index contributed by atoms with van der Waals surface area (Å²) in [5, 5.41) is 8.30. The van der Waals surface area contributed by atoms with E-state index in [4.69, 9.17) is 0 Å². The molecule has 2 unspecified atom stereocenters. The maximum Gasteiger partial charge on any atom is 0.264 e. The zero-order valence-corrected chi connectivity index (χ0v) is 14.2. The molecule has 2 fully saturated rings. The Balaban J connectivity index is 1.54. The van der Waals surface area contributed by atoms with Gasteiger partial charge in [-0.05, 0) is 62.6 Å². The Hall–Kier alpha value is -1.40. The highest BCUT2D eigenvalue weighted by Crippen LogP contribution is 2.22. The molecule has 6 heteroatoms. The van der Waals surface area contributed by atoms with Crippen LogP contribution in [0.15, 0.2) is 17.5 Å². The number of nitrogens with one attached hydrogen (secondary N) is 2. The van der Waals surface area contributed by atoms with Crippen LogP contribution < -0.4 is 10.6 Å². The molecule has 2 saturated heterocycles. The standard InChI is InChI=1S/C17H25N3O2S/c21-16(19-9-7-13-6-8-18-12-13)14-4-1-2-10-20(14)17(22)15-5-3-11-23-15/h3,5,11,13-14,18H,1-2,4,6-10,12H2,(H,19,21). The largest absolute Gasteiger partial charge is 0.354 e. The summed E-state index contributed by atoms with van der Waals surface area (Å²) >= 11 is 1.44. The molecule has 2 aliphatic rings. The van der Waals surface area contributed by atoms with Crippen LogP contribution in [0.25, 0.3) is 0 Å². The third kappa shape index (κ3) is 4.12. The number of hydrogen-bond acceptors (Lipinski definition) is 4. The third-order valence-corrected chi connectivity index (χ3v) is 5.67. The van der Waals surface area contributed by atoms with E-state index in [1.807, 2.05) is 17.5 Å². The molecule has 0 saturated carbocycles. The Bertz CT molecular complexity index is 526. The summed E-state index contributed by atoms with van der Waals surface area (Å²) in [6.45, 7) is 3.54. The van der Waals surface area contributed by atoms with E-state index in [0.717, 1.165) is 43.6 Å². The molecule has 126 valence electrons. The lowest BCUT2D eigenvalue weighted by Crippen LogP contribution is -2.52. The smallest absolute Gasteiger partial charge is 0.264 e. The Morgan fingerprint density at radius 3 is 3.00 bits per heavy atom. The monoisotopic (exact) mass is 335 g/mol. The van der Waals surface area contributed by atoms with Crippen LogP contribution in [-0.2, 0) is 4.79 Å². The average Bonchev–Trinajstić information content (AvgIpc) is 3.27. The van der Waals surface area contributed by atoms with Crippen LogP contribution >= 0.6 is 11.3 Å². The van der Waals surface area contributed by atoms with Gasteiger partial charge in [-0.15, -0.1) is 11.3 Å². The number of piperidine rings is 1. The fourth-order valence-corrected chi connectivity index (χ4v) is 4.15. The maximum absolute atomic E-state index is 12.6. The van der Waals surface area contributed by atoms with E-state index in [0.29, 0.717) is 19.0 Å². The first kappa shape index (κ1) is 16.5. The van der Waals surface area contributed by atoms with Crippen LogP contribution in [0.3, 0.4) is 0 Å². The Morgan fingerprint density at radius 1 is 1.35 bits per heavy atom. The van der Waals surface area contributed by atoms with E-state index in [9.17, 15) is 9.59 Å². The SMILES string of the molecule is O=C(NCCC1CCNC1)C1CCCCN1C(=O)c1cccs1. The summed E-state index contributed by atoms with van der Waals surface area (Å²) < 4.78 is 0. The molecule has 2 amide bonds. The molecule has 0 aromatic carbocycles. The van der Waals surface area contributed by atoms with Gasteiger partial charge in [-0.1, -0.05) is 6.07 Å². The number of likely N-dealkylation sites (tertiary alicyclic amines) is 1. The van der Waals surface area contributed by atoms with Crippen LogP contribution in [0.4, 0.5) is 0 Å². The van der Waals surface area contributed by atoms with E-state index >= 15 is 0 Å². The van der Waals surface area contributed by atoms with Crippen molar-refractivity contribution in [3.63, 3.8) is 0 Å². The number of thiophene rings is 1. The minimum Gasteiger partial charge on any atom is -0.354 e. The highest BCUT2D eigenvalue weighted by atomic mass is 32.1. The Labute approximate surface area is 141 Å². The van der Waals surface area contributed by atoms with Gasteiger partial charge in [0.2, 0.25) is 5.91 Å². The predicted molar refractivity (Wildman–Crippen MR) is 91.6 cm³/mol. The minimum atomic E-state index is -0.306. The van der Waals surface area contributed by atoms with E-state index < -0.39 is 0 Å². The number of rotatable bonds is 5. The molecule has 1 aromatic heterocycles. The first-order valence-electron chi connectivity index (χ1n) is 8.58. The number of carbonyl (C=O) groups is 2. The van der Waals surface area contributed by atoms with Crippen LogP contribution in [0.1, 0.15) is 41.8 Å². The van der Waals surface area contributed by atoms with Crippen molar-refractivity contribution in [3.8, 4) is 0 Å². The first-order valence-corrected chi connectivity index (χ1v) is 9.46. The van der Waals surface area contributed by atoms with Gasteiger partial charge in [-0.2, -0.15) is 0 Å². The summed E-state index contributed by atoms with van der Waals surface area (Å²) in [4.78, 5) is 27.6. The second-order valence-electron chi connectivity index (χ2n) is 6.43. The summed E-state index contributed by atoms with van der Waals surface area (Å²) in [5.74, 6) is 0.686. The fraction of sp³-hybridized carbons (Fsp3) is 0.647. The molecule has 0 radical (unpaired) electrons. The zero-order valence-electron chi connectivity index (χ0n) is 13.4. The van der Waals surface area contributed by atoms with Crippen LogP contribution in [0.5, 0.6) is 0 Å². The number of amides is 2. The van der Waals surface area contributed by atoms with Crippen molar-refractivity contribution < 1.29 is 9.59 Å². The van der Waals surface area contributed by atoms with E-state index in [2.05, 4.69) is 10.6 Å². The minimum absolute atomic E-state index is 0.000145. The maximum atomic E-state index is 12.6. The number of carbonyl (C=O) groups excluding carboxylic acids is 2. The van der Waals surface area contributed by atoms with Gasteiger partial charge in [-0.25, -0.2) is 0 Å². The van der Waals surface area contributed by atoms with Crippen molar-refractivity contribution in [3.05, 3.63) is 22.4 Å². The van der Waals surface area contributed by atoms with Crippen molar-refractivity contribution >= 4 is 23.2 Å². The van der Waals surface area contributed by atoms with Crippen LogP contribution in [0.2, 0.25) is 0 Å². The van der Waals surface area contributed by atoms with Gasteiger partial charge >= 0.3 is 0 Å². The van der Waals surface area contributed by atoms with Crippen LogP contribution in [-0.4, -0.2) is 48.9 Å². The zero-order chi connectivity index (χ0) is 16.1. The molecular formula is C17H25N3O2S. The lowest BCUT2D eigenvalue weighted by molar-refractivity contribution is -0.126. The topological polar surface area (TPSA) is 61.4 Å². The van der Waals surface area contributed by atoms with E-state index in [1.54, 1.807) is 4.90 Å². The molecule has 0 aliphatic carbocycles. The van der Waals surface area contributed by atoms with Crippen LogP contribution in [0, 0.1) is 5.92 Å². The van der Waals surface area contributed by atoms with Gasteiger partial charge in [0, 0.05) is 13.1 Å². The molecule has 3 heterocycles. The lowest BCUT2D eigenvalue weighted by Gasteiger charge is -2.34. The predicted octanol–water partition coefficient (Wildman–Crippen LogP) is 1.86. The summed E-state index contributed by atoms with van der Waals surface area (Å²) in [6.07, 6.45) is 4.98. The first-order chi connectivity index (χ1) is 11.3. The van der Waals surface area contributed by atoms with Gasteiger partial charge in [0.15, 0.2) is 0 Å². The second-order valence-corrected chi connectivity index (χ2v) is 7.37. The number of nitrogens with zero attached hydrogens (tertiary/aromatic N) is 1. The Kier molecular flexibility index (Phi) is 5.67. The second kappa shape index (κ2) is 7.93. The van der Waals surface area contributed by atoms with Crippen molar-refractivity contribution in [1.82, 2.24) is 15.5 Å². The van der Waals surface area contributed by atoms with E-state index in [-0.39, 0.29) is 17.9 Å². The van der Waals surface area contributed by atoms with Gasteiger partial charge in [0.1, 0.15) is 6.04 Å². The van der Waals surface area contributed by atoms with Gasteiger partial charge in [0.05, 0.1) is 4.88 Å². The third-order valence-electron chi connectivity index (χ3n) is 4.81. The van der Waals surface area contributed by atoms with Gasteiger partial charge < -0.3 is 15.5 Å². The molecule has 1 aromatic rings. The summed E-state index contributed by atoms with van der Waals surface area (Å²) in [6, 6.07) is 3.41. The highest BCUT2D eigenvalue weighted by molar-refractivity contribution is 7.12. The molecule has 23 heavy (non-hydrogen) atoms. The summed E-state index contributed by atoms with van der Waals surface area (Å²) in [5.41, 5.74) is 0. The molecule has 0 spiro atoms. The van der Waals surface area contributed by atoms with E-state index in [1.165, 1.54) is 17.8 Å². The molecule has 0 bridgehead atoms. The van der Waals surface area contributed by atoms with Gasteiger partial charge in [-0.3, -0.25) is 9.59 Å². The van der Waals surface area contributed by atoms with Crippen molar-refractivity contribution in [2.75, 3.05) is 26.2 Å². The quantitative estimate of drug-likeness (QED) is 0.863. The highest BCUT2D eigenvalue weighted by Gasteiger charge is 2.32. The molecule has 2 aliphatic heterocycles. The number of hydrogen-bond donors (Lipinski definition) is 2. The summed E-state index contributed by atoms with van der Waals surface area (Å²) in [7, 11) is 0. The normalized spacial score (nSPS) is 24.6. The molecule has 3 rings (SSSR count). The van der Waals surface area contributed by atoms with Crippen molar-refractivity contribution in [2.24, 2.45) is 5.92 Å². The molecule has 2 N–H and O–H groups in total. The lowest BCUT2D eigenvalue weighted by atomic mass is 10.0. The van der Waals surface area contributed by atoms with Crippen molar-refractivity contribution in [1.29, 1.82) is 0 Å². The van der Waals surface area contributed by atoms with Gasteiger partial charge in [0.25, 0.3) is 5.91 Å². The molecule has 5 nitrogen and oxygen atoms in total. The average molecular weight is 335 g/mol. The fourth-order valence-electron chi connectivity index (χ4n) is 3.47. The molecule has 2 atom stereocenters. The Morgan fingerprint density at radius 2 is 2.26 bits per heavy atom.